The number of fused-ring (bicyclic) bond motifs is 1. The number of hydrogen-bond donors (Lipinski definition) is 3. The first-order chi connectivity index (χ1) is 18.8. The third kappa shape index (κ3) is 5.46. The Bertz CT molecular complexity index is 1470. The van der Waals surface area contributed by atoms with Crippen LogP contribution < -0.4 is 10.6 Å². The Balaban J connectivity index is 1.40. The number of anilines is 1. The molecule has 4 heterocycles. The quantitative estimate of drug-likeness (QED) is 0.360. The number of rotatable bonds is 8. The van der Waals surface area contributed by atoms with Crippen LogP contribution in [0.5, 0.6) is 0 Å². The van der Waals surface area contributed by atoms with Gasteiger partial charge in [-0.15, -0.1) is 0 Å². The lowest BCUT2D eigenvalue weighted by Crippen LogP contribution is -2.70. The van der Waals surface area contributed by atoms with E-state index in [1.807, 2.05) is 6.07 Å². The zero-order valence-corrected chi connectivity index (χ0v) is 22.0. The number of nitrogens with zero attached hydrogens (tertiary/aromatic N) is 5. The highest BCUT2D eigenvalue weighted by atomic mass is 19.4. The largest absolute Gasteiger partial charge is 0.401 e. The van der Waals surface area contributed by atoms with Gasteiger partial charge >= 0.3 is 6.18 Å². The molecule has 40 heavy (non-hydrogen) atoms. The summed E-state index contributed by atoms with van der Waals surface area (Å²) in [5, 5.41) is 29.1. The minimum Gasteiger partial charge on any atom is -0.387 e. The number of carbonyl (C=O) groups excluding carboxylic acids is 1. The molecule has 0 radical (unpaired) electrons. The van der Waals surface area contributed by atoms with E-state index in [2.05, 4.69) is 20.7 Å². The second kappa shape index (κ2) is 10.0. The SMILES string of the molecule is CC(C)(O)C(F)CNC(=O)c1cnc(-c2ccc3cc(C#N)cnn23)cc1NC1CC2(CCN2CC(F)(F)F)C1. The number of amides is 1. The van der Waals surface area contributed by atoms with Crippen LogP contribution in [0, 0.1) is 11.3 Å². The van der Waals surface area contributed by atoms with Crippen molar-refractivity contribution in [3.8, 4) is 17.5 Å². The van der Waals surface area contributed by atoms with Gasteiger partial charge in [0.1, 0.15) is 12.2 Å². The number of aliphatic hydroxyl groups is 1. The molecule has 1 spiro atoms. The van der Waals surface area contributed by atoms with Gasteiger partial charge in [0.2, 0.25) is 0 Å². The summed E-state index contributed by atoms with van der Waals surface area (Å²) in [6.45, 7) is 1.64. The number of alkyl halides is 4. The van der Waals surface area contributed by atoms with Crippen molar-refractivity contribution in [2.75, 3.05) is 25.0 Å². The number of nitriles is 1. The number of aromatic nitrogens is 3. The Morgan fingerprint density at radius 1 is 1.27 bits per heavy atom. The lowest BCUT2D eigenvalue weighted by Gasteiger charge is -2.62. The van der Waals surface area contributed by atoms with E-state index in [9.17, 15) is 27.5 Å². The van der Waals surface area contributed by atoms with E-state index >= 15 is 0 Å². The highest BCUT2D eigenvalue weighted by Crippen LogP contribution is 2.49. The molecule has 3 N–H and O–H groups in total. The van der Waals surface area contributed by atoms with Crippen molar-refractivity contribution in [2.45, 2.75) is 62.6 Å². The summed E-state index contributed by atoms with van der Waals surface area (Å²) in [4.78, 5) is 18.9. The third-order valence-electron chi connectivity index (χ3n) is 7.75. The summed E-state index contributed by atoms with van der Waals surface area (Å²) < 4.78 is 54.8. The first-order valence-electron chi connectivity index (χ1n) is 12.9. The van der Waals surface area contributed by atoms with Gasteiger partial charge in [-0.1, -0.05) is 0 Å². The molecule has 3 aromatic rings. The van der Waals surface area contributed by atoms with Crippen molar-refractivity contribution in [1.82, 2.24) is 24.8 Å². The standard InChI is InChI=1S/C27H29F4N7O2/c1-25(2,40)23(28)14-34-24(39)19-13-33-21(22-4-3-18-7-16(11-32)12-35-38(18)22)8-20(19)36-17-9-26(10-17)5-6-37(26)15-27(29,30)31/h3-4,7-8,12-13,17,23,40H,5-6,9-10,14-15H2,1-2H3,(H,33,36)(H,34,39). The third-order valence-corrected chi connectivity index (χ3v) is 7.75. The predicted octanol–water partition coefficient (Wildman–Crippen LogP) is 3.69. The molecule has 2 fully saturated rings. The van der Waals surface area contributed by atoms with E-state index in [1.165, 1.54) is 31.1 Å². The Morgan fingerprint density at radius 3 is 2.65 bits per heavy atom. The smallest absolute Gasteiger partial charge is 0.387 e. The fraction of sp³-hybridized carbons (Fsp3) is 0.481. The van der Waals surface area contributed by atoms with Crippen LogP contribution in [0.3, 0.4) is 0 Å². The van der Waals surface area contributed by atoms with Gasteiger partial charge in [-0.05, 0) is 57.4 Å². The van der Waals surface area contributed by atoms with Gasteiger partial charge in [0, 0.05) is 24.3 Å². The normalized spacial score (nSPS) is 21.9. The molecular weight excluding hydrogens is 530 g/mol. The number of carbonyl (C=O) groups is 1. The summed E-state index contributed by atoms with van der Waals surface area (Å²) >= 11 is 0. The predicted molar refractivity (Wildman–Crippen MR) is 138 cm³/mol. The highest BCUT2D eigenvalue weighted by molar-refractivity contribution is 6.00. The van der Waals surface area contributed by atoms with Crippen LogP contribution in [-0.4, -0.2) is 79.7 Å². The van der Waals surface area contributed by atoms with E-state index in [4.69, 9.17) is 5.26 Å². The fourth-order valence-corrected chi connectivity index (χ4v) is 5.37. The van der Waals surface area contributed by atoms with Crippen LogP contribution in [0.1, 0.15) is 49.0 Å². The van der Waals surface area contributed by atoms with Crippen molar-refractivity contribution in [2.24, 2.45) is 0 Å². The minimum absolute atomic E-state index is 0.133. The molecule has 1 unspecified atom stereocenters. The van der Waals surface area contributed by atoms with Crippen LogP contribution in [0.25, 0.3) is 16.9 Å². The van der Waals surface area contributed by atoms with Crippen LogP contribution in [0.2, 0.25) is 0 Å². The van der Waals surface area contributed by atoms with Crippen molar-refractivity contribution in [3.63, 3.8) is 0 Å². The molecule has 1 atom stereocenters. The molecule has 0 aromatic carbocycles. The minimum atomic E-state index is -4.27. The molecule has 0 bridgehead atoms. The summed E-state index contributed by atoms with van der Waals surface area (Å²) in [5.74, 6) is -0.610. The molecule has 9 nitrogen and oxygen atoms in total. The molecule has 1 saturated heterocycles. The monoisotopic (exact) mass is 559 g/mol. The topological polar surface area (TPSA) is 119 Å². The van der Waals surface area contributed by atoms with Crippen molar-refractivity contribution in [1.29, 1.82) is 5.26 Å². The first-order valence-corrected chi connectivity index (χ1v) is 12.9. The number of likely N-dealkylation sites (tertiary alicyclic amines) is 1. The maximum Gasteiger partial charge on any atom is 0.401 e. The van der Waals surface area contributed by atoms with E-state index in [0.29, 0.717) is 54.0 Å². The van der Waals surface area contributed by atoms with Crippen LogP contribution >= 0.6 is 0 Å². The zero-order valence-electron chi connectivity index (χ0n) is 22.0. The molecule has 13 heteroatoms. The van der Waals surface area contributed by atoms with Gasteiger partial charge in [-0.2, -0.15) is 23.5 Å². The summed E-state index contributed by atoms with van der Waals surface area (Å²) in [5.41, 5.74) is 0.513. The number of nitrogens with one attached hydrogen (secondary N) is 2. The average Bonchev–Trinajstić information content (AvgIpc) is 3.28. The molecule has 1 aliphatic carbocycles. The number of hydrogen-bond acceptors (Lipinski definition) is 7. The lowest BCUT2D eigenvalue weighted by molar-refractivity contribution is -0.192. The second-order valence-corrected chi connectivity index (χ2v) is 11.1. The van der Waals surface area contributed by atoms with Crippen LogP contribution in [0.4, 0.5) is 23.2 Å². The number of pyridine rings is 1. The molecule has 2 aliphatic rings. The van der Waals surface area contributed by atoms with Gasteiger partial charge in [0.05, 0.1) is 58.6 Å². The van der Waals surface area contributed by atoms with E-state index < -0.39 is 42.5 Å². The van der Waals surface area contributed by atoms with Gasteiger partial charge in [-0.25, -0.2) is 8.91 Å². The van der Waals surface area contributed by atoms with E-state index in [1.54, 1.807) is 28.8 Å². The molecule has 1 saturated carbocycles. The average molecular weight is 560 g/mol. The zero-order chi connectivity index (χ0) is 28.9. The fourth-order valence-electron chi connectivity index (χ4n) is 5.37. The highest BCUT2D eigenvalue weighted by Gasteiger charge is 2.56. The molecule has 5 rings (SSSR count). The first kappa shape index (κ1) is 27.8. The van der Waals surface area contributed by atoms with E-state index in [-0.39, 0.29) is 11.6 Å². The van der Waals surface area contributed by atoms with Crippen molar-refractivity contribution >= 4 is 17.1 Å². The van der Waals surface area contributed by atoms with Crippen molar-refractivity contribution < 1.29 is 27.5 Å². The molecule has 1 amide bonds. The van der Waals surface area contributed by atoms with Gasteiger partial charge < -0.3 is 15.7 Å². The Morgan fingerprint density at radius 2 is 2.02 bits per heavy atom. The van der Waals surface area contributed by atoms with Crippen LogP contribution in [0.15, 0.2) is 36.7 Å². The number of halogens is 4. The summed E-state index contributed by atoms with van der Waals surface area (Å²) in [6.07, 6.45) is -1.55. The molecule has 212 valence electrons. The van der Waals surface area contributed by atoms with Gasteiger partial charge in [0.25, 0.3) is 5.91 Å². The molecular formula is C27H29F4N7O2. The molecule has 1 aliphatic heterocycles. The second-order valence-electron chi connectivity index (χ2n) is 11.1. The van der Waals surface area contributed by atoms with Crippen molar-refractivity contribution in [3.05, 3.63) is 47.8 Å². The maximum absolute atomic E-state index is 14.3. The Kier molecular flexibility index (Phi) is 6.96. The Labute approximate surface area is 227 Å². The summed E-state index contributed by atoms with van der Waals surface area (Å²) in [6, 6.07) is 8.73. The van der Waals surface area contributed by atoms with Crippen LogP contribution in [-0.2, 0) is 0 Å². The van der Waals surface area contributed by atoms with Gasteiger partial charge in [-0.3, -0.25) is 14.7 Å². The summed E-state index contributed by atoms with van der Waals surface area (Å²) in [7, 11) is 0. The maximum atomic E-state index is 14.3. The molecule has 3 aromatic heterocycles. The lowest BCUT2D eigenvalue weighted by atomic mass is 9.64. The Hall–Kier alpha value is -3.76. The van der Waals surface area contributed by atoms with Gasteiger partial charge in [0.15, 0.2) is 0 Å². The van der Waals surface area contributed by atoms with E-state index in [0.717, 1.165) is 0 Å².